The van der Waals surface area contributed by atoms with Crippen molar-refractivity contribution in [3.8, 4) is 0 Å². The minimum Gasteiger partial charge on any atom is -0.353 e. The highest BCUT2D eigenvalue weighted by molar-refractivity contribution is 7.89. The SMILES string of the molecule is CCS(=O)(=O)N1CCC(C(=O)N2CCN(c3ccccn3)CC2)(c2ccccc2)CC1. The van der Waals surface area contributed by atoms with E-state index in [2.05, 4.69) is 9.88 Å². The Morgan fingerprint density at radius 2 is 1.58 bits per heavy atom. The van der Waals surface area contributed by atoms with Crippen LogP contribution in [0.15, 0.2) is 54.7 Å². The molecule has 2 fully saturated rings. The van der Waals surface area contributed by atoms with Gasteiger partial charge in [-0.1, -0.05) is 36.4 Å². The minimum absolute atomic E-state index is 0.0920. The zero-order valence-corrected chi connectivity index (χ0v) is 18.8. The minimum atomic E-state index is -3.25. The number of amides is 1. The molecule has 2 aliphatic rings. The van der Waals surface area contributed by atoms with Gasteiger partial charge in [-0.15, -0.1) is 0 Å². The number of pyridine rings is 1. The molecule has 1 aromatic heterocycles. The quantitative estimate of drug-likeness (QED) is 0.709. The third-order valence-electron chi connectivity index (χ3n) is 6.61. The molecular weight excluding hydrogens is 412 g/mol. The zero-order chi connectivity index (χ0) is 21.9. The van der Waals surface area contributed by atoms with Gasteiger partial charge in [0, 0.05) is 45.5 Å². The summed E-state index contributed by atoms with van der Waals surface area (Å²) in [4.78, 5) is 22.4. The molecule has 1 aromatic carbocycles. The van der Waals surface area contributed by atoms with Crippen LogP contribution < -0.4 is 4.90 Å². The Hall–Kier alpha value is -2.45. The molecule has 0 spiro atoms. The fourth-order valence-electron chi connectivity index (χ4n) is 4.69. The van der Waals surface area contributed by atoms with Gasteiger partial charge >= 0.3 is 0 Å². The molecule has 7 nitrogen and oxygen atoms in total. The van der Waals surface area contributed by atoms with E-state index in [1.807, 2.05) is 53.4 Å². The van der Waals surface area contributed by atoms with Gasteiger partial charge < -0.3 is 9.80 Å². The molecule has 0 N–H and O–H groups in total. The van der Waals surface area contributed by atoms with E-state index in [-0.39, 0.29) is 11.7 Å². The highest BCUT2D eigenvalue weighted by atomic mass is 32.2. The highest BCUT2D eigenvalue weighted by Gasteiger charge is 2.46. The van der Waals surface area contributed by atoms with Crippen LogP contribution in [-0.4, -0.2) is 73.5 Å². The fraction of sp³-hybridized carbons (Fsp3) is 0.478. The van der Waals surface area contributed by atoms with E-state index in [0.717, 1.165) is 24.5 Å². The van der Waals surface area contributed by atoms with Crippen molar-refractivity contribution in [1.82, 2.24) is 14.2 Å². The summed E-state index contributed by atoms with van der Waals surface area (Å²) < 4.78 is 26.3. The summed E-state index contributed by atoms with van der Waals surface area (Å²) in [6.45, 7) is 5.19. The number of anilines is 1. The van der Waals surface area contributed by atoms with E-state index in [4.69, 9.17) is 0 Å². The maximum atomic E-state index is 13.9. The number of sulfonamides is 1. The third kappa shape index (κ3) is 4.32. The fourth-order valence-corrected chi connectivity index (χ4v) is 5.80. The van der Waals surface area contributed by atoms with Crippen molar-refractivity contribution in [1.29, 1.82) is 0 Å². The van der Waals surface area contributed by atoms with Crippen molar-refractivity contribution < 1.29 is 13.2 Å². The molecule has 4 rings (SSSR count). The Bertz CT molecular complexity index is 982. The van der Waals surface area contributed by atoms with Gasteiger partial charge in [-0.2, -0.15) is 0 Å². The highest BCUT2D eigenvalue weighted by Crippen LogP contribution is 2.38. The molecule has 0 unspecified atom stereocenters. The first-order chi connectivity index (χ1) is 15.0. The maximum Gasteiger partial charge on any atom is 0.233 e. The van der Waals surface area contributed by atoms with Gasteiger partial charge in [0.15, 0.2) is 0 Å². The van der Waals surface area contributed by atoms with E-state index in [0.29, 0.717) is 39.0 Å². The Balaban J connectivity index is 1.53. The average molecular weight is 443 g/mol. The van der Waals surface area contributed by atoms with Crippen LogP contribution in [0.25, 0.3) is 0 Å². The predicted octanol–water partition coefficient (Wildman–Crippen LogP) is 2.11. The largest absolute Gasteiger partial charge is 0.353 e. The normalized spacial score (nSPS) is 19.9. The van der Waals surface area contributed by atoms with Crippen LogP contribution in [0.5, 0.6) is 0 Å². The van der Waals surface area contributed by atoms with Crippen LogP contribution in [0.4, 0.5) is 5.82 Å². The molecule has 2 aromatic rings. The first kappa shape index (κ1) is 21.8. The van der Waals surface area contributed by atoms with Crippen molar-refractivity contribution >= 4 is 21.7 Å². The molecule has 0 atom stereocenters. The number of aromatic nitrogens is 1. The van der Waals surface area contributed by atoms with Crippen molar-refractivity contribution in [3.05, 3.63) is 60.3 Å². The smallest absolute Gasteiger partial charge is 0.233 e. The van der Waals surface area contributed by atoms with Crippen molar-refractivity contribution in [2.75, 3.05) is 49.9 Å². The second kappa shape index (κ2) is 8.96. The first-order valence-electron chi connectivity index (χ1n) is 10.9. The first-order valence-corrected chi connectivity index (χ1v) is 12.6. The number of rotatable bonds is 5. The lowest BCUT2D eigenvalue weighted by Crippen LogP contribution is -2.58. The summed E-state index contributed by atoms with van der Waals surface area (Å²) in [5, 5.41) is 0. The van der Waals surface area contributed by atoms with Crippen LogP contribution in [0.3, 0.4) is 0 Å². The van der Waals surface area contributed by atoms with Gasteiger partial charge in [0.05, 0.1) is 11.2 Å². The van der Waals surface area contributed by atoms with E-state index < -0.39 is 15.4 Å². The second-order valence-corrected chi connectivity index (χ2v) is 10.5. The van der Waals surface area contributed by atoms with Crippen LogP contribution in [0.2, 0.25) is 0 Å². The molecule has 2 saturated heterocycles. The van der Waals surface area contributed by atoms with Gasteiger partial charge in [0.1, 0.15) is 5.82 Å². The van der Waals surface area contributed by atoms with Crippen LogP contribution in [0, 0.1) is 0 Å². The van der Waals surface area contributed by atoms with Crippen LogP contribution >= 0.6 is 0 Å². The molecule has 0 bridgehead atoms. The van der Waals surface area contributed by atoms with Crippen molar-refractivity contribution in [2.24, 2.45) is 0 Å². The van der Waals surface area contributed by atoms with Crippen molar-refractivity contribution in [2.45, 2.75) is 25.2 Å². The molecule has 2 aliphatic heterocycles. The van der Waals surface area contributed by atoms with Crippen LogP contribution in [-0.2, 0) is 20.2 Å². The standard InChI is InChI=1S/C23H30N4O3S/c1-2-31(29,30)27-14-11-23(12-15-27,20-8-4-3-5-9-20)22(28)26-18-16-25(17-19-26)21-10-6-7-13-24-21/h3-10,13H,2,11-12,14-19H2,1H3. The monoisotopic (exact) mass is 442 g/mol. The summed E-state index contributed by atoms with van der Waals surface area (Å²) in [5.41, 5.74) is 0.314. The maximum absolute atomic E-state index is 13.9. The summed E-state index contributed by atoms with van der Waals surface area (Å²) in [5.74, 6) is 1.15. The lowest BCUT2D eigenvalue weighted by Gasteiger charge is -2.45. The van der Waals surface area contributed by atoms with Crippen molar-refractivity contribution in [3.63, 3.8) is 0 Å². The number of piperazine rings is 1. The van der Waals surface area contributed by atoms with Gasteiger partial charge in [0.2, 0.25) is 15.9 Å². The Morgan fingerprint density at radius 1 is 0.935 bits per heavy atom. The lowest BCUT2D eigenvalue weighted by molar-refractivity contribution is -0.139. The second-order valence-electron chi connectivity index (χ2n) is 8.21. The van der Waals surface area contributed by atoms with E-state index >= 15 is 0 Å². The molecule has 1 amide bonds. The van der Waals surface area contributed by atoms with Gasteiger partial charge in [-0.3, -0.25) is 4.79 Å². The Labute approximate surface area is 184 Å². The zero-order valence-electron chi connectivity index (χ0n) is 18.0. The summed E-state index contributed by atoms with van der Waals surface area (Å²) in [6.07, 6.45) is 2.81. The summed E-state index contributed by atoms with van der Waals surface area (Å²) in [7, 11) is -3.25. The van der Waals surface area contributed by atoms with Gasteiger partial charge in [0.25, 0.3) is 0 Å². The summed E-state index contributed by atoms with van der Waals surface area (Å²) >= 11 is 0. The number of hydrogen-bond donors (Lipinski definition) is 0. The number of carbonyl (C=O) groups is 1. The Morgan fingerprint density at radius 3 is 2.16 bits per heavy atom. The summed E-state index contributed by atoms with van der Waals surface area (Å²) in [6, 6.07) is 15.7. The Kier molecular flexibility index (Phi) is 6.29. The average Bonchev–Trinajstić information content (AvgIpc) is 2.85. The number of benzene rings is 1. The van der Waals surface area contributed by atoms with E-state index in [1.165, 1.54) is 0 Å². The van der Waals surface area contributed by atoms with Crippen LogP contribution in [0.1, 0.15) is 25.3 Å². The molecule has 0 radical (unpaired) electrons. The van der Waals surface area contributed by atoms with Gasteiger partial charge in [-0.05, 0) is 37.5 Å². The number of piperidine rings is 1. The molecule has 0 aliphatic carbocycles. The van der Waals surface area contributed by atoms with E-state index in [1.54, 1.807) is 17.4 Å². The molecule has 3 heterocycles. The molecule has 8 heteroatoms. The third-order valence-corrected chi connectivity index (χ3v) is 8.49. The van der Waals surface area contributed by atoms with E-state index in [9.17, 15) is 13.2 Å². The molecule has 31 heavy (non-hydrogen) atoms. The van der Waals surface area contributed by atoms with Gasteiger partial charge in [-0.25, -0.2) is 17.7 Å². The number of nitrogens with zero attached hydrogens (tertiary/aromatic N) is 4. The molecular formula is C23H30N4O3S. The molecule has 166 valence electrons. The number of carbonyl (C=O) groups excluding carboxylic acids is 1. The predicted molar refractivity (Wildman–Crippen MR) is 121 cm³/mol. The lowest BCUT2D eigenvalue weighted by atomic mass is 9.72. The topological polar surface area (TPSA) is 73.8 Å². The molecule has 0 saturated carbocycles. The number of hydrogen-bond acceptors (Lipinski definition) is 5.